The smallest absolute Gasteiger partial charge is 0.412 e. The number of hydrogen-bond acceptors (Lipinski definition) is 4. The predicted octanol–water partition coefficient (Wildman–Crippen LogP) is 3.63. The Kier molecular flexibility index (Phi) is 3.90. The van der Waals surface area contributed by atoms with Crippen molar-refractivity contribution in [2.75, 3.05) is 12.4 Å². The molecular formula is C17H26N2O3. The van der Waals surface area contributed by atoms with Crippen LogP contribution in [0.5, 0.6) is 5.75 Å². The minimum Gasteiger partial charge on any atom is -0.495 e. The molecule has 1 aromatic rings. The van der Waals surface area contributed by atoms with E-state index in [1.165, 1.54) is 0 Å². The molecule has 1 unspecified atom stereocenters. The Morgan fingerprint density at radius 1 is 1.32 bits per heavy atom. The van der Waals surface area contributed by atoms with Crippen LogP contribution in [-0.2, 0) is 10.3 Å². The van der Waals surface area contributed by atoms with Crippen molar-refractivity contribution in [2.45, 2.75) is 52.2 Å². The fourth-order valence-corrected chi connectivity index (χ4v) is 2.63. The van der Waals surface area contributed by atoms with Crippen LogP contribution in [0.1, 0.15) is 46.6 Å². The van der Waals surface area contributed by atoms with Crippen LogP contribution in [0.4, 0.5) is 10.5 Å². The fraction of sp³-hybridized carbons (Fsp3) is 0.588. The summed E-state index contributed by atoms with van der Waals surface area (Å²) in [6.07, 6.45) is 0.426. The van der Waals surface area contributed by atoms with Gasteiger partial charge in [-0.1, -0.05) is 19.9 Å². The van der Waals surface area contributed by atoms with Gasteiger partial charge >= 0.3 is 6.09 Å². The third kappa shape index (κ3) is 3.19. The standard InChI is InChI=1S/C17H26N2O3/c1-15(2,3)22-14(20)19-12-8-7-11(9-13(12)21-6)17(18)10-16(17,4)5/h7-9H,10,18H2,1-6H3,(H,19,20). The zero-order valence-electron chi connectivity index (χ0n) is 14.2. The van der Waals surface area contributed by atoms with E-state index in [9.17, 15) is 4.79 Å². The molecule has 0 heterocycles. The first kappa shape index (κ1) is 16.6. The molecule has 1 aliphatic carbocycles. The number of ether oxygens (including phenoxy) is 2. The van der Waals surface area contributed by atoms with Crippen molar-refractivity contribution in [1.82, 2.24) is 0 Å². The lowest BCUT2D eigenvalue weighted by molar-refractivity contribution is 0.0635. The highest BCUT2D eigenvalue weighted by atomic mass is 16.6. The Morgan fingerprint density at radius 3 is 2.36 bits per heavy atom. The zero-order valence-corrected chi connectivity index (χ0v) is 14.2. The maximum Gasteiger partial charge on any atom is 0.412 e. The van der Waals surface area contributed by atoms with Gasteiger partial charge in [-0.25, -0.2) is 4.79 Å². The van der Waals surface area contributed by atoms with E-state index in [2.05, 4.69) is 19.2 Å². The predicted molar refractivity (Wildman–Crippen MR) is 87.1 cm³/mol. The van der Waals surface area contributed by atoms with Crippen LogP contribution < -0.4 is 15.8 Å². The summed E-state index contributed by atoms with van der Waals surface area (Å²) in [6, 6.07) is 5.63. The minimum absolute atomic E-state index is 0.0815. The average Bonchev–Trinajstić information content (AvgIpc) is 2.87. The number of methoxy groups -OCH3 is 1. The molecule has 5 heteroatoms. The number of hydrogen-bond donors (Lipinski definition) is 2. The van der Waals surface area contributed by atoms with E-state index in [-0.39, 0.29) is 11.0 Å². The van der Waals surface area contributed by atoms with Crippen LogP contribution in [0.2, 0.25) is 0 Å². The van der Waals surface area contributed by atoms with Crippen molar-refractivity contribution < 1.29 is 14.3 Å². The molecule has 1 fully saturated rings. The Hall–Kier alpha value is -1.75. The first-order valence-corrected chi connectivity index (χ1v) is 7.46. The van der Waals surface area contributed by atoms with Gasteiger partial charge in [-0.05, 0) is 50.3 Å². The fourth-order valence-electron chi connectivity index (χ4n) is 2.63. The highest BCUT2D eigenvalue weighted by molar-refractivity contribution is 5.87. The largest absolute Gasteiger partial charge is 0.495 e. The van der Waals surface area contributed by atoms with Gasteiger partial charge in [0.05, 0.1) is 12.8 Å². The summed E-state index contributed by atoms with van der Waals surface area (Å²) < 4.78 is 10.6. The number of nitrogens with one attached hydrogen (secondary N) is 1. The molecule has 0 radical (unpaired) electrons. The van der Waals surface area contributed by atoms with E-state index in [0.29, 0.717) is 11.4 Å². The minimum atomic E-state index is -0.545. The van der Waals surface area contributed by atoms with Crippen molar-refractivity contribution in [2.24, 2.45) is 11.1 Å². The molecule has 1 aromatic carbocycles. The molecule has 0 aromatic heterocycles. The molecule has 0 saturated heterocycles. The second-order valence-electron chi connectivity index (χ2n) is 7.57. The lowest BCUT2D eigenvalue weighted by Crippen LogP contribution is -2.28. The van der Waals surface area contributed by atoms with Crippen LogP contribution in [0.25, 0.3) is 0 Å². The summed E-state index contributed by atoms with van der Waals surface area (Å²) in [6.45, 7) is 9.75. The second-order valence-corrected chi connectivity index (χ2v) is 7.57. The summed E-state index contributed by atoms with van der Waals surface area (Å²) in [4.78, 5) is 11.9. The van der Waals surface area contributed by atoms with Gasteiger partial charge in [0, 0.05) is 5.54 Å². The van der Waals surface area contributed by atoms with Gasteiger partial charge in [-0.2, -0.15) is 0 Å². The van der Waals surface area contributed by atoms with E-state index in [4.69, 9.17) is 15.2 Å². The normalized spacial score (nSPS) is 22.9. The van der Waals surface area contributed by atoms with Gasteiger partial charge in [0.25, 0.3) is 0 Å². The summed E-state index contributed by atoms with van der Waals surface area (Å²) >= 11 is 0. The third-order valence-corrected chi connectivity index (χ3v) is 4.16. The van der Waals surface area contributed by atoms with Crippen molar-refractivity contribution >= 4 is 11.8 Å². The van der Waals surface area contributed by atoms with E-state index < -0.39 is 11.7 Å². The van der Waals surface area contributed by atoms with Crippen LogP contribution in [0.15, 0.2) is 18.2 Å². The number of nitrogens with two attached hydrogens (primary N) is 1. The quantitative estimate of drug-likeness (QED) is 0.894. The van der Waals surface area contributed by atoms with Gasteiger partial charge in [0.15, 0.2) is 0 Å². The Morgan fingerprint density at radius 2 is 1.91 bits per heavy atom. The maximum absolute atomic E-state index is 11.9. The molecule has 1 amide bonds. The van der Waals surface area contributed by atoms with E-state index in [1.807, 2.05) is 32.9 Å². The highest BCUT2D eigenvalue weighted by Gasteiger charge is 2.59. The Bertz CT molecular complexity index is 590. The lowest BCUT2D eigenvalue weighted by atomic mass is 9.96. The molecule has 5 nitrogen and oxygen atoms in total. The number of rotatable bonds is 3. The average molecular weight is 306 g/mol. The second kappa shape index (κ2) is 5.16. The molecule has 122 valence electrons. The first-order chi connectivity index (χ1) is 9.98. The SMILES string of the molecule is COc1cc(C2(N)CC2(C)C)ccc1NC(=O)OC(C)(C)C. The van der Waals surface area contributed by atoms with Crippen molar-refractivity contribution in [3.63, 3.8) is 0 Å². The van der Waals surface area contributed by atoms with Crippen LogP contribution in [0, 0.1) is 5.41 Å². The van der Waals surface area contributed by atoms with E-state index >= 15 is 0 Å². The molecule has 0 aliphatic heterocycles. The van der Waals surface area contributed by atoms with Crippen molar-refractivity contribution in [3.8, 4) is 5.75 Å². The number of anilines is 1. The number of benzene rings is 1. The summed E-state index contributed by atoms with van der Waals surface area (Å²) in [5.41, 5.74) is 7.23. The molecule has 22 heavy (non-hydrogen) atoms. The maximum atomic E-state index is 11.9. The van der Waals surface area contributed by atoms with Crippen LogP contribution in [0.3, 0.4) is 0 Å². The first-order valence-electron chi connectivity index (χ1n) is 7.46. The monoisotopic (exact) mass is 306 g/mol. The lowest BCUT2D eigenvalue weighted by Gasteiger charge is -2.21. The summed E-state index contributed by atoms with van der Waals surface area (Å²) in [5.74, 6) is 0.580. The number of carbonyl (C=O) groups is 1. The van der Waals surface area contributed by atoms with E-state index in [0.717, 1.165) is 12.0 Å². The van der Waals surface area contributed by atoms with E-state index in [1.54, 1.807) is 13.2 Å². The highest BCUT2D eigenvalue weighted by Crippen LogP contribution is 2.60. The molecule has 0 bridgehead atoms. The molecule has 1 aliphatic rings. The third-order valence-electron chi connectivity index (χ3n) is 4.16. The number of carbonyl (C=O) groups excluding carboxylic acids is 1. The van der Waals surface area contributed by atoms with Crippen LogP contribution in [-0.4, -0.2) is 18.8 Å². The molecule has 2 rings (SSSR count). The van der Waals surface area contributed by atoms with Gasteiger partial charge < -0.3 is 15.2 Å². The topological polar surface area (TPSA) is 73.6 Å². The Labute approximate surface area is 132 Å². The molecule has 3 N–H and O–H groups in total. The molecule has 1 saturated carbocycles. The molecule has 1 atom stereocenters. The van der Waals surface area contributed by atoms with Gasteiger partial charge in [0.2, 0.25) is 0 Å². The Balaban J connectivity index is 2.19. The van der Waals surface area contributed by atoms with Crippen molar-refractivity contribution in [1.29, 1.82) is 0 Å². The van der Waals surface area contributed by atoms with Gasteiger partial charge in [-0.3, -0.25) is 5.32 Å². The summed E-state index contributed by atoms with van der Waals surface area (Å²) in [7, 11) is 1.57. The van der Waals surface area contributed by atoms with Gasteiger partial charge in [-0.15, -0.1) is 0 Å². The summed E-state index contributed by atoms with van der Waals surface area (Å²) in [5, 5.41) is 2.71. The molecular weight excluding hydrogens is 280 g/mol. The number of amides is 1. The zero-order chi connectivity index (χ0) is 16.8. The van der Waals surface area contributed by atoms with Crippen molar-refractivity contribution in [3.05, 3.63) is 23.8 Å². The van der Waals surface area contributed by atoms with Gasteiger partial charge in [0.1, 0.15) is 11.4 Å². The van der Waals surface area contributed by atoms with Crippen LogP contribution >= 0.6 is 0 Å². The molecule has 0 spiro atoms.